The molecule has 8 heteroatoms. The summed E-state index contributed by atoms with van der Waals surface area (Å²) < 4.78 is 5.37. The number of urea groups is 1. The molecule has 0 aliphatic carbocycles. The molecule has 132 valence electrons. The van der Waals surface area contributed by atoms with Crippen LogP contribution in [0, 0.1) is 5.92 Å². The predicted octanol–water partition coefficient (Wildman–Crippen LogP) is 3.30. The molecule has 1 aliphatic rings. The zero-order chi connectivity index (χ0) is 17.8. The number of likely N-dealkylation sites (tertiary alicyclic amines) is 1. The summed E-state index contributed by atoms with van der Waals surface area (Å²) in [5.74, 6) is -0.636. The summed E-state index contributed by atoms with van der Waals surface area (Å²) in [7, 11) is 0. The summed E-state index contributed by atoms with van der Waals surface area (Å²) in [4.78, 5) is 29.4. The number of amides is 2. The van der Waals surface area contributed by atoms with Gasteiger partial charge in [0, 0.05) is 29.1 Å². The Morgan fingerprint density at radius 2 is 2.12 bits per heavy atom. The van der Waals surface area contributed by atoms with Crippen molar-refractivity contribution in [3.8, 4) is 10.6 Å². The quantitative estimate of drug-likeness (QED) is 0.826. The molecule has 0 bridgehead atoms. The Labute approximate surface area is 154 Å². The number of piperidine rings is 1. The Balaban J connectivity index is 1.56. The highest BCUT2D eigenvalue weighted by Crippen LogP contribution is 2.25. The van der Waals surface area contributed by atoms with Crippen molar-refractivity contribution < 1.29 is 14.3 Å². The van der Waals surface area contributed by atoms with E-state index in [1.165, 1.54) is 16.2 Å². The van der Waals surface area contributed by atoms with Crippen LogP contribution in [0.5, 0.6) is 0 Å². The van der Waals surface area contributed by atoms with Gasteiger partial charge in [0.25, 0.3) is 0 Å². The van der Waals surface area contributed by atoms with E-state index in [1.807, 2.05) is 29.6 Å². The van der Waals surface area contributed by atoms with Crippen LogP contribution in [0.4, 0.5) is 4.79 Å². The normalized spacial score (nSPS) is 17.3. The standard InChI is InChI=1S/C17H18ClN3O3S/c18-13-5-3-11(4-6-13)15-20-14(10-25-15)9-24-16(22)12-2-1-7-21(8-12)17(19)23/h3-6,10,12H,1-2,7-9H2,(H2,19,23). The van der Waals surface area contributed by atoms with E-state index in [0.29, 0.717) is 30.2 Å². The molecule has 6 nitrogen and oxygen atoms in total. The van der Waals surface area contributed by atoms with Crippen LogP contribution >= 0.6 is 22.9 Å². The Bertz CT molecular complexity index is 763. The van der Waals surface area contributed by atoms with Crippen LogP contribution in [0.3, 0.4) is 0 Å². The minimum Gasteiger partial charge on any atom is -0.459 e. The maximum atomic E-state index is 12.2. The van der Waals surface area contributed by atoms with Gasteiger partial charge in [-0.1, -0.05) is 23.7 Å². The smallest absolute Gasteiger partial charge is 0.314 e. The number of nitrogens with two attached hydrogens (primary N) is 1. The number of benzene rings is 1. The van der Waals surface area contributed by atoms with Crippen molar-refractivity contribution in [2.45, 2.75) is 19.4 Å². The number of nitrogens with zero attached hydrogens (tertiary/aromatic N) is 2. The molecular formula is C17H18ClN3O3S. The van der Waals surface area contributed by atoms with Gasteiger partial charge < -0.3 is 15.4 Å². The average molecular weight is 380 g/mol. The zero-order valence-corrected chi connectivity index (χ0v) is 15.1. The van der Waals surface area contributed by atoms with Gasteiger partial charge in [0.15, 0.2) is 0 Å². The number of hydrogen-bond acceptors (Lipinski definition) is 5. The highest BCUT2D eigenvalue weighted by Gasteiger charge is 2.28. The molecule has 1 unspecified atom stereocenters. The van der Waals surface area contributed by atoms with Gasteiger partial charge in [-0.3, -0.25) is 4.79 Å². The number of hydrogen-bond donors (Lipinski definition) is 1. The second kappa shape index (κ2) is 7.84. The first-order valence-electron chi connectivity index (χ1n) is 7.94. The van der Waals surface area contributed by atoms with Crippen molar-refractivity contribution in [3.05, 3.63) is 40.4 Å². The van der Waals surface area contributed by atoms with Gasteiger partial charge in [-0.05, 0) is 25.0 Å². The molecule has 1 aromatic heterocycles. The number of primary amides is 1. The maximum absolute atomic E-state index is 12.2. The van der Waals surface area contributed by atoms with Crippen molar-refractivity contribution >= 4 is 34.9 Å². The van der Waals surface area contributed by atoms with E-state index in [4.69, 9.17) is 22.1 Å². The molecule has 3 rings (SSSR count). The molecule has 2 aromatic rings. The molecule has 2 amide bonds. The van der Waals surface area contributed by atoms with Crippen molar-refractivity contribution in [2.24, 2.45) is 11.7 Å². The van der Waals surface area contributed by atoms with E-state index in [-0.39, 0.29) is 18.5 Å². The van der Waals surface area contributed by atoms with Crippen LogP contribution in [0.1, 0.15) is 18.5 Å². The Kier molecular flexibility index (Phi) is 5.55. The third-order valence-corrected chi connectivity index (χ3v) is 5.26. The number of halogens is 1. The van der Waals surface area contributed by atoms with E-state index in [1.54, 1.807) is 0 Å². The number of esters is 1. The highest BCUT2D eigenvalue weighted by atomic mass is 35.5. The summed E-state index contributed by atoms with van der Waals surface area (Å²) in [5, 5.41) is 3.39. The second-order valence-electron chi connectivity index (χ2n) is 5.88. The minimum atomic E-state index is -0.496. The van der Waals surface area contributed by atoms with Crippen LogP contribution in [-0.2, 0) is 16.1 Å². The number of ether oxygens (including phenoxy) is 1. The van der Waals surface area contributed by atoms with Crippen LogP contribution in [0.15, 0.2) is 29.6 Å². The van der Waals surface area contributed by atoms with Crippen molar-refractivity contribution in [1.82, 2.24) is 9.88 Å². The summed E-state index contributed by atoms with van der Waals surface area (Å²) >= 11 is 7.37. The average Bonchev–Trinajstić information content (AvgIpc) is 3.09. The lowest BCUT2D eigenvalue weighted by Crippen LogP contribution is -2.45. The first-order chi connectivity index (χ1) is 12.0. The lowest BCUT2D eigenvalue weighted by molar-refractivity contribution is -0.151. The van der Waals surface area contributed by atoms with E-state index >= 15 is 0 Å². The molecule has 1 saturated heterocycles. The van der Waals surface area contributed by atoms with Gasteiger partial charge >= 0.3 is 12.0 Å². The fraction of sp³-hybridized carbons (Fsp3) is 0.353. The van der Waals surface area contributed by atoms with E-state index in [0.717, 1.165) is 17.0 Å². The Morgan fingerprint density at radius 3 is 2.84 bits per heavy atom. The van der Waals surface area contributed by atoms with Gasteiger partial charge in [0.1, 0.15) is 11.6 Å². The molecule has 1 aliphatic heterocycles. The molecular weight excluding hydrogens is 362 g/mol. The van der Waals surface area contributed by atoms with E-state index in [2.05, 4.69) is 4.98 Å². The summed E-state index contributed by atoms with van der Waals surface area (Å²) in [6, 6.07) is 6.93. The molecule has 2 N–H and O–H groups in total. The monoisotopic (exact) mass is 379 g/mol. The number of aromatic nitrogens is 1. The summed E-state index contributed by atoms with van der Waals surface area (Å²) in [6.45, 7) is 1.03. The topological polar surface area (TPSA) is 85.5 Å². The number of carbonyl (C=O) groups excluding carboxylic acids is 2. The van der Waals surface area contributed by atoms with Gasteiger partial charge in [-0.25, -0.2) is 9.78 Å². The third kappa shape index (κ3) is 4.49. The molecule has 1 fully saturated rings. The summed E-state index contributed by atoms with van der Waals surface area (Å²) in [6.07, 6.45) is 1.45. The first kappa shape index (κ1) is 17.7. The molecule has 1 aromatic carbocycles. The van der Waals surface area contributed by atoms with Crippen LogP contribution in [0.2, 0.25) is 5.02 Å². The van der Waals surface area contributed by atoms with Gasteiger partial charge in [-0.15, -0.1) is 11.3 Å². The lowest BCUT2D eigenvalue weighted by Gasteiger charge is -2.30. The Hall–Kier alpha value is -2.12. The summed E-state index contributed by atoms with van der Waals surface area (Å²) in [5.41, 5.74) is 6.95. The van der Waals surface area contributed by atoms with E-state index < -0.39 is 6.03 Å². The van der Waals surface area contributed by atoms with E-state index in [9.17, 15) is 9.59 Å². The van der Waals surface area contributed by atoms with Crippen molar-refractivity contribution in [3.63, 3.8) is 0 Å². The second-order valence-corrected chi connectivity index (χ2v) is 7.18. The van der Waals surface area contributed by atoms with Gasteiger partial charge in [0.2, 0.25) is 0 Å². The zero-order valence-electron chi connectivity index (χ0n) is 13.5. The number of carbonyl (C=O) groups is 2. The molecule has 0 spiro atoms. The fourth-order valence-corrected chi connectivity index (χ4v) is 3.67. The van der Waals surface area contributed by atoms with Crippen molar-refractivity contribution in [2.75, 3.05) is 13.1 Å². The molecule has 25 heavy (non-hydrogen) atoms. The van der Waals surface area contributed by atoms with Crippen LogP contribution in [0.25, 0.3) is 10.6 Å². The van der Waals surface area contributed by atoms with Crippen LogP contribution < -0.4 is 5.73 Å². The first-order valence-corrected chi connectivity index (χ1v) is 9.20. The van der Waals surface area contributed by atoms with Crippen LogP contribution in [-0.4, -0.2) is 35.0 Å². The SMILES string of the molecule is NC(=O)N1CCCC(C(=O)OCc2csc(-c3ccc(Cl)cc3)n2)C1. The predicted molar refractivity (Wildman–Crippen MR) is 96.2 cm³/mol. The molecule has 0 saturated carbocycles. The lowest BCUT2D eigenvalue weighted by atomic mass is 9.98. The van der Waals surface area contributed by atoms with Gasteiger partial charge in [0.05, 0.1) is 11.6 Å². The number of rotatable bonds is 4. The highest BCUT2D eigenvalue weighted by molar-refractivity contribution is 7.13. The largest absolute Gasteiger partial charge is 0.459 e. The fourth-order valence-electron chi connectivity index (χ4n) is 2.73. The van der Waals surface area contributed by atoms with Crippen molar-refractivity contribution in [1.29, 1.82) is 0 Å². The third-order valence-electron chi connectivity index (χ3n) is 4.07. The van der Waals surface area contributed by atoms with Gasteiger partial charge in [-0.2, -0.15) is 0 Å². The Morgan fingerprint density at radius 1 is 1.36 bits per heavy atom. The molecule has 2 heterocycles. The number of thiazole rings is 1. The molecule has 0 radical (unpaired) electrons. The maximum Gasteiger partial charge on any atom is 0.314 e. The minimum absolute atomic E-state index is 0.121. The molecule has 1 atom stereocenters.